The van der Waals surface area contributed by atoms with E-state index in [-0.39, 0.29) is 22.1 Å². The second-order valence-corrected chi connectivity index (χ2v) is 7.63. The van der Waals surface area contributed by atoms with Gasteiger partial charge in [0.1, 0.15) is 11.5 Å². The molecule has 0 aliphatic rings. The van der Waals surface area contributed by atoms with E-state index in [0.29, 0.717) is 11.1 Å². The van der Waals surface area contributed by atoms with Crippen LogP contribution in [0.3, 0.4) is 0 Å². The van der Waals surface area contributed by atoms with E-state index in [1.807, 2.05) is 0 Å². The number of carbonyl (C=O) groups is 1. The summed E-state index contributed by atoms with van der Waals surface area (Å²) in [6.45, 7) is 0. The number of Topliss-reactive ketones (excluding diaryl/α,β-unsaturated/α-hetero) is 1. The van der Waals surface area contributed by atoms with E-state index in [2.05, 4.69) is 4.72 Å². The number of hydrogen-bond donors (Lipinski definition) is 3. The third-order valence-corrected chi connectivity index (χ3v) is 5.20. The second-order valence-electron chi connectivity index (χ2n) is 5.95. The summed E-state index contributed by atoms with van der Waals surface area (Å²) < 4.78 is 27.7. The van der Waals surface area contributed by atoms with Gasteiger partial charge in [-0.2, -0.15) is 0 Å². The third-order valence-electron chi connectivity index (χ3n) is 3.83. The van der Waals surface area contributed by atoms with E-state index in [1.54, 1.807) is 42.5 Å². The van der Waals surface area contributed by atoms with Gasteiger partial charge < -0.3 is 10.2 Å². The Morgan fingerprint density at radius 3 is 2.11 bits per heavy atom. The van der Waals surface area contributed by atoms with Crippen molar-refractivity contribution >= 4 is 21.9 Å². The van der Waals surface area contributed by atoms with Crippen molar-refractivity contribution in [2.75, 3.05) is 0 Å². The molecule has 0 fully saturated rings. The predicted molar refractivity (Wildman–Crippen MR) is 105 cm³/mol. The van der Waals surface area contributed by atoms with Gasteiger partial charge in [0.2, 0.25) is 5.78 Å². The molecule has 3 N–H and O–H groups in total. The zero-order chi connectivity index (χ0) is 20.1. The normalized spacial score (nSPS) is 11.8. The van der Waals surface area contributed by atoms with Crippen LogP contribution in [-0.2, 0) is 10.0 Å². The fraction of sp³-hybridized carbons (Fsp3) is 0. The predicted octanol–water partition coefficient (Wildman–Crippen LogP) is 3.30. The highest BCUT2D eigenvalue weighted by Gasteiger charge is 2.21. The number of ketones is 1. The lowest BCUT2D eigenvalue weighted by molar-refractivity contribution is 0.103. The molecule has 0 heterocycles. The minimum Gasteiger partial charge on any atom is -0.508 e. The van der Waals surface area contributed by atoms with Gasteiger partial charge in [-0.05, 0) is 35.9 Å². The van der Waals surface area contributed by atoms with Crippen LogP contribution >= 0.6 is 0 Å². The SMILES string of the molecule is O=C(C(=Cc1cccc(O)c1)NS(=O)(=O)c1cccc(O)c1)c1ccccc1. The quantitative estimate of drug-likeness (QED) is 0.439. The van der Waals surface area contributed by atoms with E-state index < -0.39 is 15.8 Å². The fourth-order valence-corrected chi connectivity index (χ4v) is 3.61. The van der Waals surface area contributed by atoms with Crippen molar-refractivity contribution in [3.8, 4) is 11.5 Å². The number of benzene rings is 3. The van der Waals surface area contributed by atoms with Crippen LogP contribution in [0.5, 0.6) is 11.5 Å². The Hall–Kier alpha value is -3.58. The van der Waals surface area contributed by atoms with Crippen LogP contribution in [0.15, 0.2) is 89.5 Å². The molecule has 28 heavy (non-hydrogen) atoms. The second kappa shape index (κ2) is 7.98. The molecule has 0 atom stereocenters. The highest BCUT2D eigenvalue weighted by Crippen LogP contribution is 2.20. The molecule has 0 aliphatic heterocycles. The lowest BCUT2D eigenvalue weighted by Crippen LogP contribution is -2.27. The van der Waals surface area contributed by atoms with E-state index in [0.717, 1.165) is 6.07 Å². The molecule has 0 saturated heterocycles. The van der Waals surface area contributed by atoms with Gasteiger partial charge in [0.25, 0.3) is 10.0 Å². The van der Waals surface area contributed by atoms with Crippen molar-refractivity contribution < 1.29 is 23.4 Å². The van der Waals surface area contributed by atoms with Gasteiger partial charge in [-0.25, -0.2) is 8.42 Å². The van der Waals surface area contributed by atoms with Crippen molar-refractivity contribution in [2.45, 2.75) is 4.90 Å². The van der Waals surface area contributed by atoms with Gasteiger partial charge in [0.15, 0.2) is 0 Å². The molecule has 3 aromatic carbocycles. The average Bonchev–Trinajstić information content (AvgIpc) is 2.67. The summed E-state index contributed by atoms with van der Waals surface area (Å²) in [6.07, 6.45) is 1.34. The summed E-state index contributed by atoms with van der Waals surface area (Å²) in [5.74, 6) is -0.764. The Kier molecular flexibility index (Phi) is 5.47. The highest BCUT2D eigenvalue weighted by atomic mass is 32.2. The van der Waals surface area contributed by atoms with Crippen LogP contribution in [0.2, 0.25) is 0 Å². The van der Waals surface area contributed by atoms with Gasteiger partial charge >= 0.3 is 0 Å². The molecule has 0 aliphatic carbocycles. The first-order valence-electron chi connectivity index (χ1n) is 8.27. The van der Waals surface area contributed by atoms with Gasteiger partial charge in [-0.3, -0.25) is 9.52 Å². The largest absolute Gasteiger partial charge is 0.508 e. The lowest BCUT2D eigenvalue weighted by Gasteiger charge is -2.12. The molecule has 0 aromatic heterocycles. The third kappa shape index (κ3) is 4.57. The minimum atomic E-state index is -4.13. The van der Waals surface area contributed by atoms with E-state index in [4.69, 9.17) is 0 Å². The average molecular weight is 395 g/mol. The summed E-state index contributed by atoms with van der Waals surface area (Å²) in [5.41, 5.74) is 0.547. The minimum absolute atomic E-state index is 0.0175. The van der Waals surface area contributed by atoms with Gasteiger partial charge in [0, 0.05) is 11.6 Å². The standard InChI is InChI=1S/C21H17NO5S/c23-17-9-4-6-15(12-17)13-20(21(25)16-7-2-1-3-8-16)22-28(26,27)19-11-5-10-18(24)14-19/h1-14,22-24H. The number of phenolic OH excluding ortho intramolecular Hbond substituents is 2. The molecule has 6 nitrogen and oxygen atoms in total. The van der Waals surface area contributed by atoms with Crippen LogP contribution in [0, 0.1) is 0 Å². The van der Waals surface area contributed by atoms with Crippen molar-refractivity contribution in [3.05, 3.63) is 95.7 Å². The number of allylic oxidation sites excluding steroid dienone is 1. The van der Waals surface area contributed by atoms with Crippen LogP contribution in [0.1, 0.15) is 15.9 Å². The van der Waals surface area contributed by atoms with E-state index in [9.17, 15) is 23.4 Å². The number of rotatable bonds is 6. The van der Waals surface area contributed by atoms with E-state index >= 15 is 0 Å². The molecule has 0 saturated carbocycles. The summed E-state index contributed by atoms with van der Waals surface area (Å²) in [7, 11) is -4.13. The number of carbonyl (C=O) groups excluding carboxylic acids is 1. The molecule has 3 aromatic rings. The van der Waals surface area contributed by atoms with Crippen molar-refractivity contribution in [1.82, 2.24) is 4.72 Å². The molecular formula is C21H17NO5S. The van der Waals surface area contributed by atoms with Crippen molar-refractivity contribution in [3.63, 3.8) is 0 Å². The Morgan fingerprint density at radius 2 is 1.46 bits per heavy atom. The topological polar surface area (TPSA) is 104 Å². The smallest absolute Gasteiger partial charge is 0.262 e. The van der Waals surface area contributed by atoms with E-state index in [1.165, 1.54) is 36.4 Å². The highest BCUT2D eigenvalue weighted by molar-refractivity contribution is 7.89. The molecule has 7 heteroatoms. The number of aromatic hydroxyl groups is 2. The first-order valence-corrected chi connectivity index (χ1v) is 9.76. The molecule has 0 radical (unpaired) electrons. The number of phenols is 2. The maximum absolute atomic E-state index is 12.9. The van der Waals surface area contributed by atoms with Crippen LogP contribution in [0.25, 0.3) is 6.08 Å². The number of sulfonamides is 1. The van der Waals surface area contributed by atoms with Crippen LogP contribution in [0.4, 0.5) is 0 Å². The summed E-state index contributed by atoms with van der Waals surface area (Å²) in [4.78, 5) is 12.7. The van der Waals surface area contributed by atoms with Crippen molar-refractivity contribution in [1.29, 1.82) is 0 Å². The lowest BCUT2D eigenvalue weighted by atomic mass is 10.1. The van der Waals surface area contributed by atoms with Gasteiger partial charge in [-0.1, -0.05) is 48.5 Å². The maximum Gasteiger partial charge on any atom is 0.262 e. The van der Waals surface area contributed by atoms with Gasteiger partial charge in [-0.15, -0.1) is 0 Å². The van der Waals surface area contributed by atoms with Crippen molar-refractivity contribution in [2.24, 2.45) is 0 Å². The monoisotopic (exact) mass is 395 g/mol. The summed E-state index contributed by atoms with van der Waals surface area (Å²) in [6, 6.07) is 19.4. The zero-order valence-electron chi connectivity index (χ0n) is 14.6. The number of nitrogens with one attached hydrogen (secondary N) is 1. The maximum atomic E-state index is 12.9. The Bertz CT molecular complexity index is 1140. The summed E-state index contributed by atoms with van der Waals surface area (Å²) in [5, 5.41) is 19.2. The molecule has 142 valence electrons. The number of hydrogen-bond acceptors (Lipinski definition) is 5. The Morgan fingerprint density at radius 1 is 0.821 bits per heavy atom. The van der Waals surface area contributed by atoms with Crippen LogP contribution in [-0.4, -0.2) is 24.4 Å². The molecule has 3 rings (SSSR count). The first-order chi connectivity index (χ1) is 13.3. The first kappa shape index (κ1) is 19.2. The molecule has 0 unspecified atom stereocenters. The molecule has 0 spiro atoms. The van der Waals surface area contributed by atoms with Crippen LogP contribution < -0.4 is 4.72 Å². The molecular weight excluding hydrogens is 378 g/mol. The Labute approximate surface area is 162 Å². The summed E-state index contributed by atoms with van der Waals surface area (Å²) >= 11 is 0. The fourth-order valence-electron chi connectivity index (χ4n) is 2.52. The molecule has 0 bridgehead atoms. The molecule has 0 amide bonds. The zero-order valence-corrected chi connectivity index (χ0v) is 15.4. The van der Waals surface area contributed by atoms with Gasteiger partial charge in [0.05, 0.1) is 10.6 Å². The Balaban J connectivity index is 2.05.